The Labute approximate surface area is 178 Å². The van der Waals surface area contributed by atoms with Crippen LogP contribution in [0.3, 0.4) is 0 Å². The van der Waals surface area contributed by atoms with E-state index in [0.717, 1.165) is 11.1 Å². The van der Waals surface area contributed by atoms with E-state index in [2.05, 4.69) is 10.5 Å². The third-order valence-corrected chi connectivity index (χ3v) is 5.53. The van der Waals surface area contributed by atoms with Crippen LogP contribution in [0, 0.1) is 17.0 Å². The van der Waals surface area contributed by atoms with Crippen LogP contribution >= 0.6 is 0 Å². The van der Waals surface area contributed by atoms with Crippen molar-refractivity contribution in [3.05, 3.63) is 63.8 Å². The first-order valence-corrected chi connectivity index (χ1v) is 9.64. The fourth-order valence-corrected chi connectivity index (χ4v) is 3.45. The summed E-state index contributed by atoms with van der Waals surface area (Å²) in [7, 11) is 3.11. The van der Waals surface area contributed by atoms with Gasteiger partial charge in [0.1, 0.15) is 0 Å². The monoisotopic (exact) mass is 423 g/mol. The maximum atomic E-state index is 13.1. The number of carbonyl (C=O) groups is 1. The second-order valence-electron chi connectivity index (χ2n) is 7.44. The number of aromatic nitrogens is 1. The number of hydrogen-bond acceptors (Lipinski definition) is 7. The van der Waals surface area contributed by atoms with E-state index in [0.29, 0.717) is 41.5 Å². The Kier molecular flexibility index (Phi) is 5.10. The Morgan fingerprint density at radius 1 is 1.13 bits per heavy atom. The highest BCUT2D eigenvalue weighted by Crippen LogP contribution is 2.49. The lowest BCUT2D eigenvalue weighted by Crippen LogP contribution is -2.28. The zero-order chi connectivity index (χ0) is 22.2. The number of non-ortho nitro benzene ring substituents is 1. The van der Waals surface area contributed by atoms with E-state index >= 15 is 0 Å². The number of nitro benzene ring substituents is 1. The van der Waals surface area contributed by atoms with Gasteiger partial charge in [-0.05, 0) is 43.5 Å². The van der Waals surface area contributed by atoms with Crippen LogP contribution < -0.4 is 14.8 Å². The van der Waals surface area contributed by atoms with E-state index in [9.17, 15) is 14.9 Å². The lowest BCUT2D eigenvalue weighted by Gasteiger charge is -2.14. The van der Waals surface area contributed by atoms with Crippen molar-refractivity contribution >= 4 is 17.3 Å². The van der Waals surface area contributed by atoms with E-state index in [-0.39, 0.29) is 11.6 Å². The molecule has 9 nitrogen and oxygen atoms in total. The molecule has 0 spiro atoms. The molecule has 31 heavy (non-hydrogen) atoms. The van der Waals surface area contributed by atoms with Gasteiger partial charge in [-0.15, -0.1) is 0 Å². The largest absolute Gasteiger partial charge is 0.493 e. The van der Waals surface area contributed by atoms with Gasteiger partial charge >= 0.3 is 0 Å². The molecule has 1 saturated carbocycles. The topological polar surface area (TPSA) is 117 Å². The van der Waals surface area contributed by atoms with Gasteiger partial charge in [-0.1, -0.05) is 11.2 Å². The molecule has 1 aromatic heterocycles. The first-order chi connectivity index (χ1) is 14.9. The molecule has 1 aliphatic carbocycles. The first kappa shape index (κ1) is 20.4. The summed E-state index contributed by atoms with van der Waals surface area (Å²) >= 11 is 0. The van der Waals surface area contributed by atoms with Crippen LogP contribution in [-0.2, 0) is 10.2 Å². The van der Waals surface area contributed by atoms with E-state index in [1.54, 1.807) is 45.4 Å². The molecule has 160 valence electrons. The summed E-state index contributed by atoms with van der Waals surface area (Å²) in [4.78, 5) is 23.6. The number of nitro groups is 1. The van der Waals surface area contributed by atoms with E-state index in [4.69, 9.17) is 14.0 Å². The van der Waals surface area contributed by atoms with Crippen LogP contribution in [0.15, 0.2) is 47.0 Å². The predicted molar refractivity (Wildman–Crippen MR) is 112 cm³/mol. The standard InChI is InChI=1S/C22H21N3O6/c1-13-4-6-15(25(27)28)11-16(13)23-21(26)22(8-9-22)20-12-18(31-24-20)14-5-7-17(29-2)19(10-14)30-3/h4-7,10-12H,8-9H2,1-3H3,(H,23,26). The second-order valence-corrected chi connectivity index (χ2v) is 7.44. The molecular weight excluding hydrogens is 402 g/mol. The highest BCUT2D eigenvalue weighted by atomic mass is 16.6. The molecule has 3 aromatic rings. The Hall–Kier alpha value is -3.88. The SMILES string of the molecule is COc1ccc(-c2cc(C3(C(=O)Nc4cc([N+](=O)[O-])ccc4C)CC3)no2)cc1OC. The van der Waals surface area contributed by atoms with Crippen molar-refractivity contribution in [1.82, 2.24) is 5.16 Å². The van der Waals surface area contributed by atoms with Crippen LogP contribution in [-0.4, -0.2) is 30.2 Å². The van der Waals surface area contributed by atoms with Gasteiger partial charge < -0.3 is 19.3 Å². The van der Waals surface area contributed by atoms with Crippen molar-refractivity contribution in [2.75, 3.05) is 19.5 Å². The number of ether oxygens (including phenoxy) is 2. The fraction of sp³-hybridized carbons (Fsp3) is 0.273. The third kappa shape index (κ3) is 3.70. The van der Waals surface area contributed by atoms with E-state index in [1.807, 2.05) is 6.07 Å². The highest BCUT2D eigenvalue weighted by Gasteiger charge is 2.54. The minimum absolute atomic E-state index is 0.0806. The number of carbonyl (C=O) groups excluding carboxylic acids is 1. The average Bonchev–Trinajstić information content (AvgIpc) is 3.44. The zero-order valence-corrected chi connectivity index (χ0v) is 17.3. The lowest BCUT2D eigenvalue weighted by atomic mass is 9.99. The number of benzene rings is 2. The third-order valence-electron chi connectivity index (χ3n) is 5.53. The number of rotatable bonds is 7. The number of hydrogen-bond donors (Lipinski definition) is 1. The van der Waals surface area contributed by atoms with Gasteiger partial charge in [-0.3, -0.25) is 14.9 Å². The summed E-state index contributed by atoms with van der Waals surface area (Å²) in [5.74, 6) is 1.39. The average molecular weight is 423 g/mol. The minimum Gasteiger partial charge on any atom is -0.493 e. The maximum Gasteiger partial charge on any atom is 0.271 e. The Balaban J connectivity index is 1.58. The van der Waals surface area contributed by atoms with Gasteiger partial charge in [0.25, 0.3) is 5.69 Å². The molecule has 1 N–H and O–H groups in total. The quantitative estimate of drug-likeness (QED) is 0.446. The molecule has 0 aliphatic heterocycles. The Bertz CT molecular complexity index is 1170. The lowest BCUT2D eigenvalue weighted by molar-refractivity contribution is -0.384. The molecule has 9 heteroatoms. The summed E-state index contributed by atoms with van der Waals surface area (Å²) in [5.41, 5.74) is 1.52. The molecule has 2 aromatic carbocycles. The van der Waals surface area contributed by atoms with Gasteiger partial charge in [-0.2, -0.15) is 0 Å². The van der Waals surface area contributed by atoms with E-state index in [1.165, 1.54) is 12.1 Å². The minimum atomic E-state index is -0.810. The first-order valence-electron chi connectivity index (χ1n) is 9.64. The fourth-order valence-electron chi connectivity index (χ4n) is 3.45. The summed E-state index contributed by atoms with van der Waals surface area (Å²) in [6.07, 6.45) is 1.23. The highest BCUT2D eigenvalue weighted by molar-refractivity contribution is 6.01. The van der Waals surface area contributed by atoms with Crippen molar-refractivity contribution < 1.29 is 23.7 Å². The molecule has 1 aliphatic rings. The van der Waals surface area contributed by atoms with Crippen molar-refractivity contribution in [3.63, 3.8) is 0 Å². The van der Waals surface area contributed by atoms with Gasteiger partial charge in [0.15, 0.2) is 17.3 Å². The van der Waals surface area contributed by atoms with Crippen molar-refractivity contribution in [2.45, 2.75) is 25.2 Å². The van der Waals surface area contributed by atoms with Gasteiger partial charge in [0.2, 0.25) is 5.91 Å². The molecule has 0 atom stereocenters. The number of nitrogens with one attached hydrogen (secondary N) is 1. The molecule has 0 saturated heterocycles. The summed E-state index contributed by atoms with van der Waals surface area (Å²) in [6, 6.07) is 11.5. The number of aryl methyl sites for hydroxylation is 1. The van der Waals surface area contributed by atoms with Crippen LogP contribution in [0.4, 0.5) is 11.4 Å². The molecule has 0 unspecified atom stereocenters. The number of methoxy groups -OCH3 is 2. The molecule has 1 heterocycles. The van der Waals surface area contributed by atoms with Gasteiger partial charge in [0, 0.05) is 23.8 Å². The normalized spacial score (nSPS) is 14.0. The number of anilines is 1. The van der Waals surface area contributed by atoms with Crippen molar-refractivity contribution in [3.8, 4) is 22.8 Å². The zero-order valence-electron chi connectivity index (χ0n) is 17.3. The predicted octanol–water partition coefficient (Wildman–Crippen LogP) is 4.25. The molecule has 0 bridgehead atoms. The Morgan fingerprint density at radius 2 is 1.87 bits per heavy atom. The van der Waals surface area contributed by atoms with E-state index < -0.39 is 10.3 Å². The van der Waals surface area contributed by atoms with Crippen molar-refractivity contribution in [1.29, 1.82) is 0 Å². The summed E-state index contributed by atoms with van der Waals surface area (Å²) < 4.78 is 16.1. The number of nitrogens with zero attached hydrogens (tertiary/aromatic N) is 2. The van der Waals surface area contributed by atoms with Gasteiger partial charge in [-0.25, -0.2) is 0 Å². The van der Waals surface area contributed by atoms with Crippen LogP contribution in [0.5, 0.6) is 11.5 Å². The summed E-state index contributed by atoms with van der Waals surface area (Å²) in [6.45, 7) is 1.78. The Morgan fingerprint density at radius 3 is 2.52 bits per heavy atom. The number of amides is 1. The smallest absolute Gasteiger partial charge is 0.271 e. The maximum absolute atomic E-state index is 13.1. The molecular formula is C22H21N3O6. The molecule has 1 fully saturated rings. The molecule has 4 rings (SSSR count). The summed E-state index contributed by atoms with van der Waals surface area (Å²) in [5, 5.41) is 18.0. The van der Waals surface area contributed by atoms with Crippen LogP contribution in [0.25, 0.3) is 11.3 Å². The molecule has 1 amide bonds. The van der Waals surface area contributed by atoms with Crippen LogP contribution in [0.1, 0.15) is 24.1 Å². The second kappa shape index (κ2) is 7.75. The molecule has 0 radical (unpaired) electrons. The van der Waals surface area contributed by atoms with Crippen molar-refractivity contribution in [2.24, 2.45) is 0 Å². The van der Waals surface area contributed by atoms with Crippen LogP contribution in [0.2, 0.25) is 0 Å². The van der Waals surface area contributed by atoms with Gasteiger partial charge in [0.05, 0.1) is 35.9 Å².